The summed E-state index contributed by atoms with van der Waals surface area (Å²) in [5.41, 5.74) is -0.967. The highest BCUT2D eigenvalue weighted by Crippen LogP contribution is 2.20. The fraction of sp³-hybridized carbons (Fsp3) is 0.364. The molecule has 1 atom stereocenters. The number of Topliss-reactive ketones (excluding diaryl/α,β-unsaturated/α-hetero) is 1. The molecule has 0 aromatic heterocycles. The van der Waals surface area contributed by atoms with Crippen molar-refractivity contribution in [3.8, 4) is 0 Å². The second-order valence-electron chi connectivity index (χ2n) is 3.39. The molecule has 0 spiro atoms. The van der Waals surface area contributed by atoms with E-state index in [1.165, 1.54) is 0 Å². The molecule has 0 fully saturated rings. The Morgan fingerprint density at radius 3 is 2.44 bits per heavy atom. The third-order valence-corrected chi connectivity index (χ3v) is 2.12. The van der Waals surface area contributed by atoms with Gasteiger partial charge in [-0.15, -0.1) is 0 Å². The Bertz CT molecular complexity index is 462. The number of hydrogen-bond donors (Lipinski definition) is 1. The van der Waals surface area contributed by atoms with E-state index in [1.807, 2.05) is 0 Å². The quantitative estimate of drug-likeness (QED) is 0.292. The van der Waals surface area contributed by atoms with Crippen LogP contribution in [0.2, 0.25) is 0 Å². The largest absolute Gasteiger partial charge is 0.368 e. The number of aliphatic hydroxyl groups is 1. The van der Waals surface area contributed by atoms with Gasteiger partial charge >= 0.3 is 0 Å². The molecule has 0 aliphatic rings. The third-order valence-electron chi connectivity index (χ3n) is 2.12. The molecule has 1 unspecified atom stereocenters. The van der Waals surface area contributed by atoms with E-state index in [4.69, 9.17) is 5.11 Å². The molecule has 0 heterocycles. The van der Waals surface area contributed by atoms with Crippen molar-refractivity contribution < 1.29 is 32.2 Å². The van der Waals surface area contributed by atoms with E-state index in [1.54, 1.807) is 6.92 Å². The summed E-state index contributed by atoms with van der Waals surface area (Å²) in [7, 11) is 0. The van der Waals surface area contributed by atoms with Crippen molar-refractivity contribution in [2.24, 2.45) is 0 Å². The van der Waals surface area contributed by atoms with Crippen LogP contribution in [0.5, 0.6) is 0 Å². The van der Waals surface area contributed by atoms with Gasteiger partial charge in [0.15, 0.2) is 35.3 Å². The average molecular weight is 266 g/mol. The monoisotopic (exact) mass is 266 g/mol. The Morgan fingerprint density at radius 2 is 1.89 bits per heavy atom. The maximum atomic E-state index is 13.2. The first-order valence-electron chi connectivity index (χ1n) is 5.04. The van der Waals surface area contributed by atoms with E-state index in [9.17, 15) is 22.4 Å². The van der Waals surface area contributed by atoms with Crippen LogP contribution < -0.4 is 0 Å². The van der Waals surface area contributed by atoms with Crippen LogP contribution in [0.25, 0.3) is 0 Å². The van der Waals surface area contributed by atoms with Gasteiger partial charge in [0.25, 0.3) is 0 Å². The maximum Gasteiger partial charge on any atom is 0.198 e. The highest BCUT2D eigenvalue weighted by atomic mass is 19.2. The Hall–Kier alpha value is -1.47. The predicted octanol–water partition coefficient (Wildman–Crippen LogP) is 2.17. The molecule has 1 N–H and O–H groups in total. The summed E-state index contributed by atoms with van der Waals surface area (Å²) < 4.78 is 56.2. The van der Waals surface area contributed by atoms with E-state index in [0.29, 0.717) is 0 Å². The van der Waals surface area contributed by atoms with Gasteiger partial charge in [0, 0.05) is 6.61 Å². The number of hydrogen-bond acceptors (Lipinski definition) is 3. The summed E-state index contributed by atoms with van der Waals surface area (Å²) in [6.45, 7) is 1.65. The number of halogens is 4. The summed E-state index contributed by atoms with van der Waals surface area (Å²) in [4.78, 5) is 11.4. The van der Waals surface area contributed by atoms with Gasteiger partial charge in [0.1, 0.15) is 0 Å². The number of ketones is 1. The second kappa shape index (κ2) is 5.92. The van der Waals surface area contributed by atoms with E-state index in [0.717, 1.165) is 0 Å². The number of aliphatic hydroxyl groups excluding tert-OH is 1. The lowest BCUT2D eigenvalue weighted by atomic mass is 10.1. The lowest BCUT2D eigenvalue weighted by Crippen LogP contribution is -2.18. The van der Waals surface area contributed by atoms with Crippen molar-refractivity contribution in [2.75, 3.05) is 6.61 Å². The Kier molecular flexibility index (Phi) is 4.80. The summed E-state index contributed by atoms with van der Waals surface area (Å²) in [5, 5.41) is 9.14. The Labute approximate surface area is 100.0 Å². The van der Waals surface area contributed by atoms with Crippen molar-refractivity contribution >= 4 is 5.78 Å². The average Bonchev–Trinajstić information content (AvgIpc) is 2.31. The molecular formula is C11H10F4O3. The molecule has 0 bridgehead atoms. The first kappa shape index (κ1) is 14.6. The molecule has 100 valence electrons. The standard InChI is InChI=1S/C11H10F4O3/c1-2-18-8(17)4-7(16)5-3-6(12)10(14)11(15)9(5)13/h3,8,17H,2,4H2,1H3. The van der Waals surface area contributed by atoms with Gasteiger partial charge in [-0.2, -0.15) is 0 Å². The lowest BCUT2D eigenvalue weighted by molar-refractivity contribution is -0.0919. The van der Waals surface area contributed by atoms with E-state index >= 15 is 0 Å². The number of ether oxygens (including phenoxy) is 1. The van der Waals surface area contributed by atoms with Crippen molar-refractivity contribution in [2.45, 2.75) is 19.6 Å². The molecule has 0 aliphatic carbocycles. The van der Waals surface area contributed by atoms with E-state index < -0.39 is 47.3 Å². The number of rotatable bonds is 5. The minimum absolute atomic E-state index is 0.100. The van der Waals surface area contributed by atoms with Crippen LogP contribution in [0.3, 0.4) is 0 Å². The van der Waals surface area contributed by atoms with E-state index in [2.05, 4.69) is 4.74 Å². The normalized spacial score (nSPS) is 12.6. The number of benzene rings is 1. The highest BCUT2D eigenvalue weighted by molar-refractivity contribution is 5.96. The molecule has 0 aliphatic heterocycles. The zero-order valence-electron chi connectivity index (χ0n) is 9.34. The van der Waals surface area contributed by atoms with Gasteiger partial charge in [0.2, 0.25) is 0 Å². The minimum atomic E-state index is -2.07. The SMILES string of the molecule is CCOC(O)CC(=O)c1cc(F)c(F)c(F)c1F. The van der Waals surface area contributed by atoms with Crippen molar-refractivity contribution in [3.63, 3.8) is 0 Å². The summed E-state index contributed by atoms with van der Waals surface area (Å²) >= 11 is 0. The van der Waals surface area contributed by atoms with Gasteiger partial charge < -0.3 is 9.84 Å². The molecule has 0 saturated heterocycles. The molecule has 7 heteroatoms. The van der Waals surface area contributed by atoms with Crippen molar-refractivity contribution in [1.82, 2.24) is 0 Å². The van der Waals surface area contributed by atoms with Gasteiger partial charge in [-0.05, 0) is 13.0 Å². The first-order chi connectivity index (χ1) is 8.38. The fourth-order valence-electron chi connectivity index (χ4n) is 1.30. The van der Waals surface area contributed by atoms with Crippen LogP contribution in [-0.2, 0) is 4.74 Å². The Morgan fingerprint density at radius 1 is 1.28 bits per heavy atom. The Balaban J connectivity index is 3.00. The van der Waals surface area contributed by atoms with Gasteiger partial charge in [-0.25, -0.2) is 17.6 Å². The minimum Gasteiger partial charge on any atom is -0.368 e. The maximum absolute atomic E-state index is 13.2. The predicted molar refractivity (Wildman–Crippen MR) is 52.9 cm³/mol. The topological polar surface area (TPSA) is 46.5 Å². The molecule has 1 aromatic carbocycles. The molecule has 1 rings (SSSR count). The summed E-state index contributed by atoms with van der Waals surface area (Å²) in [6, 6.07) is 0.245. The van der Waals surface area contributed by atoms with Gasteiger partial charge in [0.05, 0.1) is 12.0 Å². The van der Waals surface area contributed by atoms with Crippen LogP contribution in [0.1, 0.15) is 23.7 Å². The molecule has 18 heavy (non-hydrogen) atoms. The molecule has 1 aromatic rings. The molecule has 3 nitrogen and oxygen atoms in total. The van der Waals surface area contributed by atoms with Crippen LogP contribution in [-0.4, -0.2) is 23.8 Å². The van der Waals surface area contributed by atoms with E-state index in [-0.39, 0.29) is 12.7 Å². The molecule has 0 saturated carbocycles. The highest BCUT2D eigenvalue weighted by Gasteiger charge is 2.24. The fourth-order valence-corrected chi connectivity index (χ4v) is 1.30. The summed E-state index contributed by atoms with van der Waals surface area (Å²) in [6.07, 6.45) is -2.20. The summed E-state index contributed by atoms with van der Waals surface area (Å²) in [5.74, 6) is -8.62. The van der Waals surface area contributed by atoms with Crippen LogP contribution in [0.15, 0.2) is 6.07 Å². The number of carbonyl (C=O) groups is 1. The third kappa shape index (κ3) is 3.05. The van der Waals surface area contributed by atoms with Crippen LogP contribution in [0.4, 0.5) is 17.6 Å². The molecule has 0 radical (unpaired) electrons. The second-order valence-corrected chi connectivity index (χ2v) is 3.39. The van der Waals surface area contributed by atoms with Crippen molar-refractivity contribution in [3.05, 3.63) is 34.9 Å². The van der Waals surface area contributed by atoms with Crippen LogP contribution >= 0.6 is 0 Å². The zero-order valence-corrected chi connectivity index (χ0v) is 9.34. The smallest absolute Gasteiger partial charge is 0.198 e. The molecule has 0 amide bonds. The lowest BCUT2D eigenvalue weighted by Gasteiger charge is -2.10. The van der Waals surface area contributed by atoms with Gasteiger partial charge in [-0.3, -0.25) is 4.79 Å². The van der Waals surface area contributed by atoms with Crippen molar-refractivity contribution in [1.29, 1.82) is 0 Å². The zero-order chi connectivity index (χ0) is 13.9. The first-order valence-corrected chi connectivity index (χ1v) is 5.04. The van der Waals surface area contributed by atoms with Gasteiger partial charge in [-0.1, -0.05) is 0 Å². The number of carbonyl (C=O) groups excluding carboxylic acids is 1. The molecular weight excluding hydrogens is 256 g/mol. The van der Waals surface area contributed by atoms with Crippen LogP contribution in [0, 0.1) is 23.3 Å².